The van der Waals surface area contributed by atoms with E-state index in [1.165, 1.54) is 6.26 Å². The second kappa shape index (κ2) is 5.35. The lowest BCUT2D eigenvalue weighted by molar-refractivity contribution is 0.425. The van der Waals surface area contributed by atoms with Crippen molar-refractivity contribution in [1.29, 1.82) is 0 Å². The minimum Gasteiger partial charge on any atom is -0.369 e. The predicted molar refractivity (Wildman–Crippen MR) is 82.1 cm³/mol. The Kier molecular flexibility index (Phi) is 3.64. The van der Waals surface area contributed by atoms with E-state index in [2.05, 4.69) is 20.4 Å². The van der Waals surface area contributed by atoms with E-state index < -0.39 is 9.84 Å². The van der Waals surface area contributed by atoms with Crippen LogP contribution >= 0.6 is 0 Å². The van der Waals surface area contributed by atoms with Gasteiger partial charge in [0.2, 0.25) is 0 Å². The van der Waals surface area contributed by atoms with Gasteiger partial charge in [-0.05, 0) is 31.9 Å². The molecule has 0 aromatic carbocycles. The molecule has 7 nitrogen and oxygen atoms in total. The number of nitrogens with one attached hydrogen (secondary N) is 1. The third-order valence-electron chi connectivity index (χ3n) is 3.72. The lowest BCUT2D eigenvalue weighted by Gasteiger charge is -2.16. The Hall–Kier alpha value is -1.96. The molecule has 1 N–H and O–H groups in total. The average Bonchev–Trinajstić information content (AvgIpc) is 3.05. The zero-order valence-corrected chi connectivity index (χ0v) is 13.4. The minimum atomic E-state index is -2.98. The molecule has 22 heavy (non-hydrogen) atoms. The van der Waals surface area contributed by atoms with Crippen molar-refractivity contribution >= 4 is 15.7 Å². The number of sulfone groups is 1. The second-order valence-corrected chi connectivity index (χ2v) is 8.11. The van der Waals surface area contributed by atoms with Crippen LogP contribution in [-0.4, -0.2) is 42.1 Å². The molecule has 2 heterocycles. The van der Waals surface area contributed by atoms with Crippen LogP contribution in [0.25, 0.3) is 11.5 Å². The van der Waals surface area contributed by atoms with Gasteiger partial charge in [0.05, 0.1) is 11.3 Å². The highest BCUT2D eigenvalue weighted by molar-refractivity contribution is 7.90. The lowest BCUT2D eigenvalue weighted by atomic mass is 10.1. The fraction of sp³-hybridized carbons (Fsp3) is 0.500. The van der Waals surface area contributed by atoms with E-state index in [9.17, 15) is 8.42 Å². The highest BCUT2D eigenvalue weighted by Crippen LogP contribution is 2.46. The number of hydrogen-bond donors (Lipinski definition) is 1. The number of aryl methyl sites for hydroxylation is 1. The van der Waals surface area contributed by atoms with Crippen molar-refractivity contribution < 1.29 is 12.9 Å². The van der Waals surface area contributed by atoms with Crippen molar-refractivity contribution in [2.45, 2.75) is 19.8 Å². The number of aromatic nitrogens is 3. The Labute approximate surface area is 129 Å². The number of rotatable bonds is 6. The molecule has 0 aliphatic heterocycles. The fourth-order valence-corrected chi connectivity index (χ4v) is 4.00. The molecule has 0 radical (unpaired) electrons. The van der Waals surface area contributed by atoms with Crippen molar-refractivity contribution in [3.8, 4) is 11.5 Å². The molecule has 1 fully saturated rings. The number of anilines is 1. The first-order valence-electron chi connectivity index (χ1n) is 7.04. The standard InChI is InChI=1S/C14H18N4O3S/c1-10-17-13(21-18-10)11-4-3-7-15-12(11)16-8-14(5-6-14)9-22(2,19)20/h3-4,7H,5-6,8-9H2,1-2H3,(H,15,16). The number of pyridine rings is 1. The summed E-state index contributed by atoms with van der Waals surface area (Å²) in [5.41, 5.74) is 0.547. The monoisotopic (exact) mass is 322 g/mol. The average molecular weight is 322 g/mol. The number of hydrogen-bond acceptors (Lipinski definition) is 7. The highest BCUT2D eigenvalue weighted by Gasteiger charge is 2.45. The second-order valence-electron chi connectivity index (χ2n) is 5.97. The molecule has 0 spiro atoms. The van der Waals surface area contributed by atoms with Crippen LogP contribution in [0.4, 0.5) is 5.82 Å². The van der Waals surface area contributed by atoms with Gasteiger partial charge in [0.25, 0.3) is 5.89 Å². The van der Waals surface area contributed by atoms with E-state index >= 15 is 0 Å². The Balaban J connectivity index is 1.77. The van der Waals surface area contributed by atoms with E-state index in [1.54, 1.807) is 19.2 Å². The molecule has 0 atom stereocenters. The maximum atomic E-state index is 11.5. The summed E-state index contributed by atoms with van der Waals surface area (Å²) >= 11 is 0. The highest BCUT2D eigenvalue weighted by atomic mass is 32.2. The summed E-state index contributed by atoms with van der Waals surface area (Å²) in [6, 6.07) is 3.64. The molecular formula is C14H18N4O3S. The largest absolute Gasteiger partial charge is 0.369 e. The molecule has 3 rings (SSSR count). The molecular weight excluding hydrogens is 304 g/mol. The summed E-state index contributed by atoms with van der Waals surface area (Å²) in [7, 11) is -2.98. The van der Waals surface area contributed by atoms with Crippen molar-refractivity contribution in [2.75, 3.05) is 23.9 Å². The maximum absolute atomic E-state index is 11.5. The molecule has 0 unspecified atom stereocenters. The summed E-state index contributed by atoms with van der Waals surface area (Å²) in [4.78, 5) is 8.51. The van der Waals surface area contributed by atoms with E-state index in [0.717, 1.165) is 18.4 Å². The lowest BCUT2D eigenvalue weighted by Crippen LogP contribution is -2.24. The zero-order valence-electron chi connectivity index (χ0n) is 12.5. The van der Waals surface area contributed by atoms with Crippen LogP contribution in [0.2, 0.25) is 0 Å². The summed E-state index contributed by atoms with van der Waals surface area (Å²) in [6.07, 6.45) is 4.77. The van der Waals surface area contributed by atoms with Crippen molar-refractivity contribution in [3.63, 3.8) is 0 Å². The van der Waals surface area contributed by atoms with Gasteiger partial charge in [-0.1, -0.05) is 5.16 Å². The Morgan fingerprint density at radius 2 is 2.18 bits per heavy atom. The third kappa shape index (κ3) is 3.44. The Bertz CT molecular complexity index is 781. The molecule has 118 valence electrons. The molecule has 1 aliphatic rings. The maximum Gasteiger partial charge on any atom is 0.261 e. The van der Waals surface area contributed by atoms with Crippen molar-refractivity contribution in [2.24, 2.45) is 5.41 Å². The van der Waals surface area contributed by atoms with Crippen LogP contribution in [0.1, 0.15) is 18.7 Å². The van der Waals surface area contributed by atoms with Crippen LogP contribution in [0, 0.1) is 12.3 Å². The minimum absolute atomic E-state index is 0.173. The van der Waals surface area contributed by atoms with Gasteiger partial charge in [0, 0.05) is 24.4 Å². The molecule has 2 aromatic heterocycles. The predicted octanol–water partition coefficient (Wildman–Crippen LogP) is 1.68. The van der Waals surface area contributed by atoms with Gasteiger partial charge in [-0.15, -0.1) is 0 Å². The Morgan fingerprint density at radius 3 is 2.77 bits per heavy atom. The van der Waals surface area contributed by atoms with Gasteiger partial charge in [0.1, 0.15) is 15.7 Å². The molecule has 0 saturated heterocycles. The molecule has 2 aromatic rings. The van der Waals surface area contributed by atoms with Crippen LogP contribution in [-0.2, 0) is 9.84 Å². The van der Waals surface area contributed by atoms with Gasteiger partial charge < -0.3 is 9.84 Å². The van der Waals surface area contributed by atoms with Crippen LogP contribution in [0.5, 0.6) is 0 Å². The van der Waals surface area contributed by atoms with E-state index in [0.29, 0.717) is 24.1 Å². The van der Waals surface area contributed by atoms with E-state index in [4.69, 9.17) is 4.52 Å². The third-order valence-corrected chi connectivity index (χ3v) is 4.86. The van der Waals surface area contributed by atoms with E-state index in [-0.39, 0.29) is 11.2 Å². The first kappa shape index (κ1) is 15.0. The SMILES string of the molecule is Cc1noc(-c2cccnc2NCC2(CS(C)(=O)=O)CC2)n1. The topological polar surface area (TPSA) is 98.0 Å². The summed E-state index contributed by atoms with van der Waals surface area (Å²) in [5.74, 6) is 1.79. The normalized spacial score (nSPS) is 16.5. The summed E-state index contributed by atoms with van der Waals surface area (Å²) < 4.78 is 28.2. The van der Waals surface area contributed by atoms with Gasteiger partial charge in [-0.2, -0.15) is 4.98 Å². The molecule has 1 aliphatic carbocycles. The smallest absolute Gasteiger partial charge is 0.261 e. The van der Waals surface area contributed by atoms with Gasteiger partial charge >= 0.3 is 0 Å². The van der Waals surface area contributed by atoms with Crippen LogP contribution < -0.4 is 5.32 Å². The quantitative estimate of drug-likeness (QED) is 0.864. The fourth-order valence-electron chi connectivity index (χ4n) is 2.50. The van der Waals surface area contributed by atoms with Crippen molar-refractivity contribution in [1.82, 2.24) is 15.1 Å². The molecule has 8 heteroatoms. The molecule has 0 bridgehead atoms. The summed E-state index contributed by atoms with van der Waals surface area (Å²) in [5, 5.41) is 7.03. The first-order valence-corrected chi connectivity index (χ1v) is 9.10. The van der Waals surface area contributed by atoms with Gasteiger partial charge in [-0.3, -0.25) is 0 Å². The molecule has 1 saturated carbocycles. The first-order chi connectivity index (χ1) is 10.4. The molecule has 0 amide bonds. The number of nitrogens with zero attached hydrogens (tertiary/aromatic N) is 3. The van der Waals surface area contributed by atoms with Gasteiger partial charge in [-0.25, -0.2) is 13.4 Å². The van der Waals surface area contributed by atoms with Crippen LogP contribution in [0.15, 0.2) is 22.9 Å². The van der Waals surface area contributed by atoms with Crippen LogP contribution in [0.3, 0.4) is 0 Å². The van der Waals surface area contributed by atoms with E-state index in [1.807, 2.05) is 6.07 Å². The van der Waals surface area contributed by atoms with Crippen molar-refractivity contribution in [3.05, 3.63) is 24.2 Å². The Morgan fingerprint density at radius 1 is 1.41 bits per heavy atom. The van der Waals surface area contributed by atoms with Gasteiger partial charge in [0.15, 0.2) is 5.82 Å². The summed E-state index contributed by atoms with van der Waals surface area (Å²) in [6.45, 7) is 2.32. The zero-order chi connectivity index (χ0) is 15.8.